The summed E-state index contributed by atoms with van der Waals surface area (Å²) in [5.41, 5.74) is 1.93. The number of fused-ring (bicyclic) bond motifs is 1. The van der Waals surface area contributed by atoms with Crippen LogP contribution >= 0.6 is 0 Å². The molecule has 2 aromatic rings. The first-order valence-corrected chi connectivity index (χ1v) is 9.19. The van der Waals surface area contributed by atoms with E-state index in [1.54, 1.807) is 4.68 Å². The number of aryl methyl sites for hydroxylation is 1. The van der Waals surface area contributed by atoms with Crippen molar-refractivity contribution in [2.75, 3.05) is 49.1 Å². The second kappa shape index (κ2) is 7.12. The van der Waals surface area contributed by atoms with Gasteiger partial charge in [0.25, 0.3) is 0 Å². The predicted octanol–water partition coefficient (Wildman–Crippen LogP) is 0.226. The molecule has 0 saturated carbocycles. The molecule has 3 heterocycles. The third-order valence-corrected chi connectivity index (χ3v) is 5.22. The molecule has 2 saturated heterocycles. The van der Waals surface area contributed by atoms with Gasteiger partial charge in [0.1, 0.15) is 0 Å². The Kier molecular flexibility index (Phi) is 4.63. The van der Waals surface area contributed by atoms with Crippen molar-refractivity contribution in [3.05, 3.63) is 18.2 Å². The molecule has 0 spiro atoms. The van der Waals surface area contributed by atoms with E-state index >= 15 is 0 Å². The summed E-state index contributed by atoms with van der Waals surface area (Å²) in [6, 6.07) is 5.52. The number of piperazine rings is 1. The monoisotopic (exact) mass is 386 g/mol. The SMILES string of the molecule is Cn1nc(N2CCC(=O)NC2=O)c2ccc(N3CCN(CC(=O)O)CC3)cc21. The van der Waals surface area contributed by atoms with E-state index in [4.69, 9.17) is 5.11 Å². The molecule has 0 radical (unpaired) electrons. The number of amides is 3. The van der Waals surface area contributed by atoms with Crippen LogP contribution in [0.25, 0.3) is 10.9 Å². The summed E-state index contributed by atoms with van der Waals surface area (Å²) in [4.78, 5) is 40.1. The largest absolute Gasteiger partial charge is 0.480 e. The average molecular weight is 386 g/mol. The first kappa shape index (κ1) is 18.2. The summed E-state index contributed by atoms with van der Waals surface area (Å²) in [6.07, 6.45) is 0.252. The Balaban J connectivity index is 1.56. The number of nitrogens with one attached hydrogen (secondary N) is 1. The zero-order chi connectivity index (χ0) is 19.8. The molecule has 1 aromatic heterocycles. The maximum absolute atomic E-state index is 12.2. The highest BCUT2D eigenvalue weighted by Gasteiger charge is 2.28. The van der Waals surface area contributed by atoms with Crippen molar-refractivity contribution in [3.63, 3.8) is 0 Å². The van der Waals surface area contributed by atoms with Crippen molar-refractivity contribution >= 4 is 40.3 Å². The van der Waals surface area contributed by atoms with E-state index in [0.29, 0.717) is 25.5 Å². The topological polar surface area (TPSA) is 111 Å². The molecule has 148 valence electrons. The Morgan fingerprint density at radius 1 is 1.18 bits per heavy atom. The first-order chi connectivity index (χ1) is 13.4. The van der Waals surface area contributed by atoms with Crippen molar-refractivity contribution < 1.29 is 19.5 Å². The van der Waals surface area contributed by atoms with E-state index in [0.717, 1.165) is 29.7 Å². The van der Waals surface area contributed by atoms with E-state index in [2.05, 4.69) is 15.3 Å². The van der Waals surface area contributed by atoms with Gasteiger partial charge in [0.2, 0.25) is 5.91 Å². The number of imide groups is 1. The summed E-state index contributed by atoms with van der Waals surface area (Å²) < 4.78 is 1.73. The summed E-state index contributed by atoms with van der Waals surface area (Å²) in [5, 5.41) is 16.6. The number of aromatic nitrogens is 2. The highest BCUT2D eigenvalue weighted by molar-refractivity contribution is 6.09. The zero-order valence-electron chi connectivity index (χ0n) is 15.6. The standard InChI is InChI=1S/C18H22N6O4/c1-21-14-10-12(23-8-6-22(7-9-23)11-16(26)27)2-3-13(14)17(20-21)24-5-4-15(25)19-18(24)28/h2-3,10H,4-9,11H2,1H3,(H,26,27)(H,19,25,28). The van der Waals surface area contributed by atoms with Gasteiger partial charge in [-0.1, -0.05) is 0 Å². The van der Waals surface area contributed by atoms with Crippen LogP contribution in [0.3, 0.4) is 0 Å². The average Bonchev–Trinajstić information content (AvgIpc) is 2.98. The van der Waals surface area contributed by atoms with Crippen LogP contribution in [0.5, 0.6) is 0 Å². The number of urea groups is 1. The number of rotatable bonds is 4. The molecule has 3 amide bonds. The van der Waals surface area contributed by atoms with Gasteiger partial charge in [0, 0.05) is 57.3 Å². The van der Waals surface area contributed by atoms with E-state index in [1.165, 1.54) is 4.90 Å². The number of benzene rings is 1. The summed E-state index contributed by atoms with van der Waals surface area (Å²) >= 11 is 0. The van der Waals surface area contributed by atoms with Crippen LogP contribution < -0.4 is 15.1 Å². The van der Waals surface area contributed by atoms with Gasteiger partial charge in [-0.15, -0.1) is 0 Å². The van der Waals surface area contributed by atoms with Gasteiger partial charge in [0.05, 0.1) is 12.1 Å². The number of carbonyl (C=O) groups is 3. The number of hydrogen-bond donors (Lipinski definition) is 2. The lowest BCUT2D eigenvalue weighted by Crippen LogP contribution is -2.49. The highest BCUT2D eigenvalue weighted by Crippen LogP contribution is 2.30. The number of anilines is 2. The molecule has 0 unspecified atom stereocenters. The number of carboxylic acid groups (broad SMARTS) is 1. The summed E-state index contributed by atoms with van der Waals surface area (Å²) in [5.74, 6) is -0.535. The number of aliphatic carboxylic acids is 1. The molecular formula is C18H22N6O4. The fourth-order valence-corrected chi connectivity index (χ4v) is 3.74. The summed E-state index contributed by atoms with van der Waals surface area (Å²) in [7, 11) is 1.83. The molecule has 2 fully saturated rings. The molecular weight excluding hydrogens is 364 g/mol. The van der Waals surface area contributed by atoms with E-state index < -0.39 is 12.0 Å². The molecule has 10 nitrogen and oxygen atoms in total. The van der Waals surface area contributed by atoms with Crippen LogP contribution in [0, 0.1) is 0 Å². The minimum absolute atomic E-state index is 0.0678. The maximum atomic E-state index is 12.2. The van der Waals surface area contributed by atoms with E-state index in [9.17, 15) is 14.4 Å². The normalized spacial score (nSPS) is 18.6. The van der Waals surface area contributed by atoms with Crippen molar-refractivity contribution in [1.29, 1.82) is 0 Å². The van der Waals surface area contributed by atoms with Crippen LogP contribution in [0.1, 0.15) is 6.42 Å². The third-order valence-electron chi connectivity index (χ3n) is 5.22. The molecule has 2 aliphatic rings. The van der Waals surface area contributed by atoms with Gasteiger partial charge in [-0.2, -0.15) is 5.10 Å². The number of nitrogens with zero attached hydrogens (tertiary/aromatic N) is 5. The fraction of sp³-hybridized carbons (Fsp3) is 0.444. The number of hydrogen-bond acceptors (Lipinski definition) is 6. The Labute approximate surface area is 161 Å². The molecule has 2 aliphatic heterocycles. The van der Waals surface area contributed by atoms with Gasteiger partial charge in [0.15, 0.2) is 5.82 Å². The maximum Gasteiger partial charge on any atom is 0.329 e. The van der Waals surface area contributed by atoms with Gasteiger partial charge in [-0.05, 0) is 18.2 Å². The number of carbonyl (C=O) groups excluding carboxylic acids is 2. The van der Waals surface area contributed by atoms with Gasteiger partial charge < -0.3 is 10.0 Å². The van der Waals surface area contributed by atoms with Gasteiger partial charge >= 0.3 is 12.0 Å². The Hall–Kier alpha value is -3.14. The lowest BCUT2D eigenvalue weighted by molar-refractivity contribution is -0.138. The fourth-order valence-electron chi connectivity index (χ4n) is 3.74. The van der Waals surface area contributed by atoms with Gasteiger partial charge in [-0.25, -0.2) is 4.79 Å². The van der Waals surface area contributed by atoms with Crippen molar-refractivity contribution in [3.8, 4) is 0 Å². The molecule has 0 aliphatic carbocycles. The Morgan fingerprint density at radius 2 is 1.93 bits per heavy atom. The second-order valence-corrected chi connectivity index (χ2v) is 7.06. The lowest BCUT2D eigenvalue weighted by Gasteiger charge is -2.35. The molecule has 2 N–H and O–H groups in total. The predicted molar refractivity (Wildman–Crippen MR) is 103 cm³/mol. The molecule has 0 atom stereocenters. The summed E-state index contributed by atoms with van der Waals surface area (Å²) in [6.45, 7) is 3.27. The molecule has 0 bridgehead atoms. The van der Waals surface area contributed by atoms with Crippen LogP contribution in [-0.2, 0) is 16.6 Å². The first-order valence-electron chi connectivity index (χ1n) is 9.19. The smallest absolute Gasteiger partial charge is 0.329 e. The van der Waals surface area contributed by atoms with E-state index in [-0.39, 0.29) is 18.9 Å². The minimum Gasteiger partial charge on any atom is -0.480 e. The quantitative estimate of drug-likeness (QED) is 0.774. The van der Waals surface area contributed by atoms with Gasteiger partial charge in [-0.3, -0.25) is 29.4 Å². The van der Waals surface area contributed by atoms with Crippen LogP contribution in [0.15, 0.2) is 18.2 Å². The second-order valence-electron chi connectivity index (χ2n) is 7.06. The van der Waals surface area contributed by atoms with Crippen LogP contribution in [-0.4, -0.2) is 77.0 Å². The molecule has 10 heteroatoms. The van der Waals surface area contributed by atoms with Crippen molar-refractivity contribution in [2.45, 2.75) is 6.42 Å². The van der Waals surface area contributed by atoms with E-state index in [1.807, 2.05) is 30.1 Å². The lowest BCUT2D eigenvalue weighted by atomic mass is 10.1. The van der Waals surface area contributed by atoms with Crippen LogP contribution in [0.2, 0.25) is 0 Å². The van der Waals surface area contributed by atoms with Crippen molar-refractivity contribution in [1.82, 2.24) is 20.0 Å². The third kappa shape index (κ3) is 3.38. The molecule has 4 rings (SSSR count). The Bertz CT molecular complexity index is 947. The van der Waals surface area contributed by atoms with Crippen molar-refractivity contribution in [2.24, 2.45) is 7.05 Å². The molecule has 28 heavy (non-hydrogen) atoms. The highest BCUT2D eigenvalue weighted by atomic mass is 16.4. The number of carboxylic acids is 1. The van der Waals surface area contributed by atoms with Crippen LogP contribution in [0.4, 0.5) is 16.3 Å². The molecule has 1 aromatic carbocycles. The zero-order valence-corrected chi connectivity index (χ0v) is 15.6. The minimum atomic E-state index is -0.805. The Morgan fingerprint density at radius 3 is 2.61 bits per heavy atom.